The molecule has 0 aliphatic heterocycles. The number of sulfonamides is 1. The first kappa shape index (κ1) is 22.0. The zero-order valence-corrected chi connectivity index (χ0v) is 17.6. The molecule has 3 rings (SSSR count). The number of hydrogen-bond donors (Lipinski definition) is 4. The minimum atomic E-state index is -3.77. The van der Waals surface area contributed by atoms with Crippen molar-refractivity contribution in [3.63, 3.8) is 0 Å². The van der Waals surface area contributed by atoms with Crippen LogP contribution in [0.4, 0.5) is 5.69 Å². The largest absolute Gasteiger partial charge is 0.496 e. The minimum absolute atomic E-state index is 0.000561. The van der Waals surface area contributed by atoms with Crippen LogP contribution in [0, 0.1) is 5.41 Å². The fourth-order valence-corrected chi connectivity index (χ4v) is 3.51. The van der Waals surface area contributed by atoms with Crippen LogP contribution in [-0.2, 0) is 16.6 Å². The van der Waals surface area contributed by atoms with Gasteiger partial charge in [0.05, 0.1) is 17.7 Å². The van der Waals surface area contributed by atoms with Crippen LogP contribution < -0.4 is 20.9 Å². The van der Waals surface area contributed by atoms with Crippen molar-refractivity contribution in [1.82, 2.24) is 5.32 Å². The maximum absolute atomic E-state index is 12.6. The molecule has 3 aromatic rings. The predicted molar refractivity (Wildman–Crippen MR) is 119 cm³/mol. The van der Waals surface area contributed by atoms with E-state index >= 15 is 0 Å². The summed E-state index contributed by atoms with van der Waals surface area (Å²) in [5.41, 5.74) is 8.59. The molecule has 160 valence electrons. The summed E-state index contributed by atoms with van der Waals surface area (Å²) in [6.07, 6.45) is 0. The molecule has 3 aromatic carbocycles. The SMILES string of the molecule is COc1ccccc1C(=N)c1cc(C(=O)NCc2ccc(S(N)(=O)=O)cc2)ccc1N. The molecule has 9 heteroatoms. The van der Waals surface area contributed by atoms with Gasteiger partial charge < -0.3 is 15.8 Å². The topological polar surface area (TPSA) is 148 Å². The van der Waals surface area contributed by atoms with Crippen LogP contribution in [0.25, 0.3) is 0 Å². The lowest BCUT2D eigenvalue weighted by atomic mass is 9.98. The molecule has 0 bridgehead atoms. The number of rotatable bonds is 7. The zero-order chi connectivity index (χ0) is 22.6. The molecular weight excluding hydrogens is 416 g/mol. The van der Waals surface area contributed by atoms with Crippen LogP contribution in [0.5, 0.6) is 5.75 Å². The Morgan fingerprint density at radius 1 is 1.03 bits per heavy atom. The number of hydrogen-bond acceptors (Lipinski definition) is 6. The van der Waals surface area contributed by atoms with E-state index in [9.17, 15) is 13.2 Å². The molecule has 0 unspecified atom stereocenters. The van der Waals surface area contributed by atoms with E-state index in [1.54, 1.807) is 54.6 Å². The van der Waals surface area contributed by atoms with Crippen LogP contribution in [0.2, 0.25) is 0 Å². The highest BCUT2D eigenvalue weighted by Crippen LogP contribution is 2.24. The number of nitrogen functional groups attached to an aromatic ring is 1. The standard InChI is InChI=1S/C22H22N4O4S/c1-30-20-5-3-2-4-17(20)21(24)18-12-15(8-11-19(18)23)22(27)26-13-14-6-9-16(10-7-14)31(25,28)29/h2-12,24H,13,23H2,1H3,(H,26,27)(H2,25,28,29). The molecule has 0 saturated heterocycles. The van der Waals surface area contributed by atoms with Crippen LogP contribution in [0.1, 0.15) is 27.0 Å². The first-order valence-corrected chi connectivity index (χ1v) is 10.8. The maximum atomic E-state index is 12.6. The van der Waals surface area contributed by atoms with Crippen LogP contribution in [0.15, 0.2) is 71.6 Å². The van der Waals surface area contributed by atoms with Gasteiger partial charge in [-0.05, 0) is 48.0 Å². The molecule has 0 fully saturated rings. The Kier molecular flexibility index (Phi) is 6.38. The van der Waals surface area contributed by atoms with Gasteiger partial charge in [0.2, 0.25) is 10.0 Å². The van der Waals surface area contributed by atoms with Crippen LogP contribution in [-0.4, -0.2) is 27.1 Å². The van der Waals surface area contributed by atoms with Gasteiger partial charge in [-0.1, -0.05) is 24.3 Å². The molecule has 0 heterocycles. The molecular formula is C22H22N4O4S. The lowest BCUT2D eigenvalue weighted by molar-refractivity contribution is 0.0951. The van der Waals surface area contributed by atoms with Crippen molar-refractivity contribution >= 4 is 27.3 Å². The van der Waals surface area contributed by atoms with Crippen molar-refractivity contribution in [3.8, 4) is 5.75 Å². The third-order valence-corrected chi connectivity index (χ3v) is 5.60. The average Bonchev–Trinajstić information content (AvgIpc) is 2.77. The van der Waals surface area contributed by atoms with Gasteiger partial charge in [-0.3, -0.25) is 10.2 Å². The van der Waals surface area contributed by atoms with E-state index in [1.807, 2.05) is 0 Å². The van der Waals surface area contributed by atoms with Crippen molar-refractivity contribution in [2.75, 3.05) is 12.8 Å². The number of primary sulfonamides is 1. The molecule has 31 heavy (non-hydrogen) atoms. The van der Waals surface area contributed by atoms with Gasteiger partial charge in [0.1, 0.15) is 5.75 Å². The van der Waals surface area contributed by atoms with Gasteiger partial charge in [-0.15, -0.1) is 0 Å². The molecule has 0 atom stereocenters. The molecule has 6 N–H and O–H groups in total. The second-order valence-electron chi connectivity index (χ2n) is 6.75. The summed E-state index contributed by atoms with van der Waals surface area (Å²) in [4.78, 5) is 12.6. The summed E-state index contributed by atoms with van der Waals surface area (Å²) in [5, 5.41) is 16.4. The monoisotopic (exact) mass is 438 g/mol. The number of methoxy groups -OCH3 is 1. The summed E-state index contributed by atoms with van der Waals surface area (Å²) < 4.78 is 28.0. The third-order valence-electron chi connectivity index (χ3n) is 4.67. The summed E-state index contributed by atoms with van der Waals surface area (Å²) in [6, 6.07) is 17.7. The Morgan fingerprint density at radius 3 is 2.35 bits per heavy atom. The summed E-state index contributed by atoms with van der Waals surface area (Å²) in [7, 11) is -2.24. The molecule has 0 saturated carbocycles. The van der Waals surface area contributed by atoms with Crippen molar-refractivity contribution in [1.29, 1.82) is 5.41 Å². The summed E-state index contributed by atoms with van der Waals surface area (Å²) in [6.45, 7) is 0.188. The van der Waals surface area contributed by atoms with Gasteiger partial charge in [-0.2, -0.15) is 0 Å². The molecule has 0 spiro atoms. The van der Waals surface area contributed by atoms with Gasteiger partial charge in [0.15, 0.2) is 0 Å². The van der Waals surface area contributed by atoms with Crippen LogP contribution >= 0.6 is 0 Å². The lowest BCUT2D eigenvalue weighted by Gasteiger charge is -2.13. The molecule has 1 amide bonds. The minimum Gasteiger partial charge on any atom is -0.496 e. The number of carbonyl (C=O) groups excluding carboxylic acids is 1. The molecule has 0 radical (unpaired) electrons. The van der Waals surface area contributed by atoms with Crippen LogP contribution in [0.3, 0.4) is 0 Å². The lowest BCUT2D eigenvalue weighted by Crippen LogP contribution is -2.23. The van der Waals surface area contributed by atoms with Crippen molar-refractivity contribution in [3.05, 3.63) is 89.0 Å². The van der Waals surface area contributed by atoms with Crippen molar-refractivity contribution < 1.29 is 17.9 Å². The number of para-hydroxylation sites is 1. The van der Waals surface area contributed by atoms with Gasteiger partial charge >= 0.3 is 0 Å². The van der Waals surface area contributed by atoms with E-state index in [4.69, 9.17) is 21.0 Å². The van der Waals surface area contributed by atoms with E-state index in [2.05, 4.69) is 5.32 Å². The van der Waals surface area contributed by atoms with E-state index < -0.39 is 10.0 Å². The number of benzene rings is 3. The zero-order valence-electron chi connectivity index (χ0n) is 16.8. The first-order chi connectivity index (χ1) is 14.7. The fourth-order valence-electron chi connectivity index (χ4n) is 2.99. The molecule has 0 aromatic heterocycles. The Balaban J connectivity index is 1.78. The molecule has 8 nitrogen and oxygen atoms in total. The number of anilines is 1. The number of carbonyl (C=O) groups is 1. The van der Waals surface area contributed by atoms with Gasteiger partial charge in [-0.25, -0.2) is 13.6 Å². The number of ether oxygens (including phenoxy) is 1. The average molecular weight is 439 g/mol. The fraction of sp³-hybridized carbons (Fsp3) is 0.0909. The Labute approximate surface area is 180 Å². The summed E-state index contributed by atoms with van der Waals surface area (Å²) >= 11 is 0. The second kappa shape index (κ2) is 8.99. The van der Waals surface area contributed by atoms with Gasteiger partial charge in [0, 0.05) is 28.9 Å². The van der Waals surface area contributed by atoms with Crippen molar-refractivity contribution in [2.45, 2.75) is 11.4 Å². The first-order valence-electron chi connectivity index (χ1n) is 9.22. The maximum Gasteiger partial charge on any atom is 0.251 e. The predicted octanol–water partition coefficient (Wildman–Crippen LogP) is 2.27. The number of nitrogens with one attached hydrogen (secondary N) is 2. The Morgan fingerprint density at radius 2 is 1.71 bits per heavy atom. The quantitative estimate of drug-likeness (QED) is 0.330. The Hall–Kier alpha value is -3.69. The highest BCUT2D eigenvalue weighted by molar-refractivity contribution is 7.89. The molecule has 0 aliphatic carbocycles. The van der Waals surface area contributed by atoms with Crippen molar-refractivity contribution in [2.24, 2.45) is 5.14 Å². The highest BCUT2D eigenvalue weighted by Gasteiger charge is 2.16. The Bertz CT molecular complexity index is 1240. The second-order valence-corrected chi connectivity index (χ2v) is 8.31. The van der Waals surface area contributed by atoms with E-state index in [-0.39, 0.29) is 23.1 Å². The van der Waals surface area contributed by atoms with E-state index in [0.717, 1.165) is 0 Å². The normalized spacial score (nSPS) is 11.0. The van der Waals surface area contributed by atoms with E-state index in [0.29, 0.717) is 33.7 Å². The number of nitrogens with two attached hydrogens (primary N) is 2. The van der Waals surface area contributed by atoms with Gasteiger partial charge in [0.25, 0.3) is 5.91 Å². The third kappa shape index (κ3) is 5.08. The highest BCUT2D eigenvalue weighted by atomic mass is 32.2. The number of amides is 1. The summed E-state index contributed by atoms with van der Waals surface area (Å²) in [5.74, 6) is 0.175. The molecule has 0 aliphatic rings. The van der Waals surface area contributed by atoms with E-state index in [1.165, 1.54) is 19.2 Å². The smallest absolute Gasteiger partial charge is 0.251 e.